The fourth-order valence-electron chi connectivity index (χ4n) is 3.52. The van der Waals surface area contributed by atoms with E-state index in [1.165, 1.54) is 0 Å². The number of aromatic nitrogens is 1. The minimum absolute atomic E-state index is 0.0267. The van der Waals surface area contributed by atoms with Crippen LogP contribution in [0.25, 0.3) is 11.1 Å². The smallest absolute Gasteiger partial charge is 0.164 e. The standard InChI is InChI=1S/C20H22FN3O/c1-12-7-16(8-13(2)23-12)17-5-6-19(20(21)18(17)9-22)24-10-14(3)25-15(4)11-24/h5-8,14-15H,10-11H2,1-4H3/t14-,15+. The van der Waals surface area contributed by atoms with E-state index in [1.807, 2.05) is 56.9 Å². The molecule has 0 N–H and O–H groups in total. The second-order valence-corrected chi connectivity index (χ2v) is 6.73. The molecule has 4 nitrogen and oxygen atoms in total. The van der Waals surface area contributed by atoms with E-state index in [1.54, 1.807) is 6.07 Å². The van der Waals surface area contributed by atoms with E-state index in [9.17, 15) is 5.26 Å². The number of anilines is 1. The Hall–Kier alpha value is -2.45. The zero-order chi connectivity index (χ0) is 18.1. The summed E-state index contributed by atoms with van der Waals surface area (Å²) in [6, 6.07) is 9.40. The average molecular weight is 339 g/mol. The molecule has 1 saturated heterocycles. The van der Waals surface area contributed by atoms with Crippen LogP contribution in [0.1, 0.15) is 30.8 Å². The quantitative estimate of drug-likeness (QED) is 0.830. The number of nitrogens with zero attached hydrogens (tertiary/aromatic N) is 3. The number of pyridine rings is 1. The minimum Gasteiger partial charge on any atom is -0.372 e. The first-order valence-corrected chi connectivity index (χ1v) is 8.47. The molecule has 1 fully saturated rings. The van der Waals surface area contributed by atoms with E-state index < -0.39 is 5.82 Å². The predicted molar refractivity (Wildman–Crippen MR) is 96.0 cm³/mol. The molecule has 0 amide bonds. The van der Waals surface area contributed by atoms with Crippen LogP contribution in [0, 0.1) is 31.0 Å². The molecule has 1 aromatic carbocycles. The van der Waals surface area contributed by atoms with Gasteiger partial charge in [-0.25, -0.2) is 4.39 Å². The maximum Gasteiger partial charge on any atom is 0.164 e. The Morgan fingerprint density at radius 3 is 2.32 bits per heavy atom. The van der Waals surface area contributed by atoms with Gasteiger partial charge in [-0.05, 0) is 51.5 Å². The SMILES string of the molecule is Cc1cc(-c2ccc(N3C[C@@H](C)O[C@@H](C)C3)c(F)c2C#N)cc(C)n1. The van der Waals surface area contributed by atoms with Crippen LogP contribution in [0.4, 0.5) is 10.1 Å². The van der Waals surface area contributed by atoms with Crippen molar-refractivity contribution in [2.45, 2.75) is 39.9 Å². The van der Waals surface area contributed by atoms with Gasteiger partial charge in [0.1, 0.15) is 6.07 Å². The molecule has 2 aromatic rings. The lowest BCUT2D eigenvalue weighted by molar-refractivity contribution is -0.00539. The van der Waals surface area contributed by atoms with Crippen LogP contribution in [-0.4, -0.2) is 30.3 Å². The van der Waals surface area contributed by atoms with Gasteiger partial charge in [-0.2, -0.15) is 5.26 Å². The number of nitriles is 1. The minimum atomic E-state index is -0.464. The van der Waals surface area contributed by atoms with Gasteiger partial charge < -0.3 is 9.64 Å². The second-order valence-electron chi connectivity index (χ2n) is 6.73. The van der Waals surface area contributed by atoms with Gasteiger partial charge in [0, 0.05) is 30.0 Å². The monoisotopic (exact) mass is 339 g/mol. The van der Waals surface area contributed by atoms with Crippen LogP contribution < -0.4 is 4.90 Å². The third-order valence-corrected chi connectivity index (χ3v) is 4.39. The summed E-state index contributed by atoms with van der Waals surface area (Å²) in [4.78, 5) is 6.31. The summed E-state index contributed by atoms with van der Waals surface area (Å²) in [5, 5.41) is 9.58. The largest absolute Gasteiger partial charge is 0.372 e. The Balaban J connectivity index is 2.07. The molecule has 1 aliphatic heterocycles. The molecule has 1 aliphatic rings. The molecule has 0 bridgehead atoms. The molecule has 1 aromatic heterocycles. The molecule has 2 atom stereocenters. The van der Waals surface area contributed by atoms with Crippen LogP contribution in [0.15, 0.2) is 24.3 Å². The number of morpholine rings is 1. The summed E-state index contributed by atoms with van der Waals surface area (Å²) >= 11 is 0. The molecular formula is C20H22FN3O. The Kier molecular flexibility index (Phi) is 4.73. The van der Waals surface area contributed by atoms with Crippen molar-refractivity contribution in [1.29, 1.82) is 5.26 Å². The van der Waals surface area contributed by atoms with E-state index in [2.05, 4.69) is 4.98 Å². The van der Waals surface area contributed by atoms with Gasteiger partial charge in [-0.3, -0.25) is 4.98 Å². The Morgan fingerprint density at radius 2 is 1.76 bits per heavy atom. The number of rotatable bonds is 2. The number of aryl methyl sites for hydroxylation is 2. The zero-order valence-electron chi connectivity index (χ0n) is 15.0. The molecule has 3 rings (SSSR count). The molecule has 25 heavy (non-hydrogen) atoms. The molecule has 130 valence electrons. The molecule has 0 aliphatic carbocycles. The fourth-order valence-corrected chi connectivity index (χ4v) is 3.52. The third kappa shape index (κ3) is 3.49. The van der Waals surface area contributed by atoms with Crippen LogP contribution in [-0.2, 0) is 4.74 Å². The number of hydrogen-bond acceptors (Lipinski definition) is 4. The molecule has 0 unspecified atom stereocenters. The fraction of sp³-hybridized carbons (Fsp3) is 0.400. The first-order chi connectivity index (χ1) is 11.9. The number of benzene rings is 1. The van der Waals surface area contributed by atoms with Crippen molar-refractivity contribution in [3.63, 3.8) is 0 Å². The molecule has 5 heteroatoms. The average Bonchev–Trinajstić information content (AvgIpc) is 2.52. The first kappa shape index (κ1) is 17.4. The van der Waals surface area contributed by atoms with Crippen molar-refractivity contribution in [3.05, 3.63) is 47.0 Å². The summed E-state index contributed by atoms with van der Waals surface area (Å²) in [7, 11) is 0. The van der Waals surface area contributed by atoms with Gasteiger partial charge in [0.2, 0.25) is 0 Å². The molecule has 0 saturated carbocycles. The Labute approximate surface area is 147 Å². The van der Waals surface area contributed by atoms with Crippen molar-refractivity contribution in [2.75, 3.05) is 18.0 Å². The lowest BCUT2D eigenvalue weighted by Gasteiger charge is -2.37. The Bertz CT molecular complexity index is 813. The van der Waals surface area contributed by atoms with Crippen LogP contribution in [0.5, 0.6) is 0 Å². The van der Waals surface area contributed by atoms with Gasteiger partial charge in [-0.15, -0.1) is 0 Å². The van der Waals surface area contributed by atoms with Crippen molar-refractivity contribution in [1.82, 2.24) is 4.98 Å². The van der Waals surface area contributed by atoms with Gasteiger partial charge in [-0.1, -0.05) is 6.07 Å². The van der Waals surface area contributed by atoms with Crippen molar-refractivity contribution in [2.24, 2.45) is 0 Å². The molecule has 2 heterocycles. The van der Waals surface area contributed by atoms with E-state index in [0.29, 0.717) is 24.3 Å². The van der Waals surface area contributed by atoms with Crippen molar-refractivity contribution >= 4 is 5.69 Å². The van der Waals surface area contributed by atoms with E-state index in [4.69, 9.17) is 4.74 Å². The zero-order valence-corrected chi connectivity index (χ0v) is 15.0. The van der Waals surface area contributed by atoms with Crippen LogP contribution in [0.2, 0.25) is 0 Å². The van der Waals surface area contributed by atoms with Crippen molar-refractivity contribution in [3.8, 4) is 17.2 Å². The second kappa shape index (κ2) is 6.81. The maximum atomic E-state index is 15.1. The lowest BCUT2D eigenvalue weighted by atomic mass is 9.98. The van der Waals surface area contributed by atoms with Gasteiger partial charge in [0.05, 0.1) is 23.5 Å². The third-order valence-electron chi connectivity index (χ3n) is 4.39. The van der Waals surface area contributed by atoms with Crippen LogP contribution in [0.3, 0.4) is 0 Å². The van der Waals surface area contributed by atoms with E-state index >= 15 is 4.39 Å². The van der Waals surface area contributed by atoms with Gasteiger partial charge in [0.25, 0.3) is 0 Å². The highest BCUT2D eigenvalue weighted by molar-refractivity contribution is 5.74. The summed E-state index contributed by atoms with van der Waals surface area (Å²) in [6.07, 6.45) is 0.0534. The topological polar surface area (TPSA) is 49.1 Å². The van der Waals surface area contributed by atoms with Crippen molar-refractivity contribution < 1.29 is 9.13 Å². The maximum absolute atomic E-state index is 15.1. The molecule has 0 spiro atoms. The number of halogens is 1. The Morgan fingerprint density at radius 1 is 1.16 bits per heavy atom. The molecular weight excluding hydrogens is 317 g/mol. The summed E-state index contributed by atoms with van der Waals surface area (Å²) in [5.41, 5.74) is 3.65. The van der Waals surface area contributed by atoms with Gasteiger partial charge >= 0.3 is 0 Å². The first-order valence-electron chi connectivity index (χ1n) is 8.47. The number of ether oxygens (including phenoxy) is 1. The van der Waals surface area contributed by atoms with E-state index in [0.717, 1.165) is 17.0 Å². The van der Waals surface area contributed by atoms with Gasteiger partial charge in [0.15, 0.2) is 5.82 Å². The normalized spacial score (nSPS) is 20.4. The molecule has 0 radical (unpaired) electrons. The predicted octanol–water partition coefficient (Wildman–Crippen LogP) is 3.99. The summed E-state index contributed by atoms with van der Waals surface area (Å²) < 4.78 is 20.9. The number of hydrogen-bond donors (Lipinski definition) is 0. The highest BCUT2D eigenvalue weighted by Gasteiger charge is 2.26. The lowest BCUT2D eigenvalue weighted by Crippen LogP contribution is -2.45. The highest BCUT2D eigenvalue weighted by Crippen LogP contribution is 2.33. The van der Waals surface area contributed by atoms with Crippen LogP contribution >= 0.6 is 0 Å². The summed E-state index contributed by atoms with van der Waals surface area (Å²) in [6.45, 7) is 8.96. The highest BCUT2D eigenvalue weighted by atomic mass is 19.1. The summed E-state index contributed by atoms with van der Waals surface area (Å²) in [5.74, 6) is -0.464. The van der Waals surface area contributed by atoms with E-state index in [-0.39, 0.29) is 17.8 Å².